The number of hydrogen-bond donors (Lipinski definition) is 1. The van der Waals surface area contributed by atoms with E-state index in [1.54, 1.807) is 10.6 Å². The average molecular weight is 444 g/mol. The molecule has 0 aliphatic heterocycles. The Labute approximate surface area is 167 Å². The topological polar surface area (TPSA) is 60.3 Å². The molecule has 5 nitrogen and oxygen atoms in total. The molecule has 7 heteroatoms. The first kappa shape index (κ1) is 20.8. The van der Waals surface area contributed by atoms with Gasteiger partial charge in [-0.05, 0) is 25.0 Å². The maximum Gasteiger partial charge on any atom is 0.241 e. The molecule has 0 radical (unpaired) electrons. The molecule has 2 aromatic rings. The molecule has 0 saturated heterocycles. The third kappa shape index (κ3) is 4.60. The van der Waals surface area contributed by atoms with Crippen LogP contribution in [-0.2, 0) is 4.79 Å². The van der Waals surface area contributed by atoms with Crippen molar-refractivity contribution < 1.29 is 14.3 Å². The number of carbonyl (C=O) groups excluding carboxylic acids is 2. The van der Waals surface area contributed by atoms with Crippen molar-refractivity contribution in [2.45, 2.75) is 39.5 Å². The summed E-state index contributed by atoms with van der Waals surface area (Å²) in [7, 11) is 0. The zero-order chi connectivity index (χ0) is 19.3. The SMILES string of the molecule is CCCC(=O)NCC(C)c1cn(C(=O)CBr)c2c(Cl)cc(OCC)cc12. The zero-order valence-electron chi connectivity index (χ0n) is 15.3. The minimum Gasteiger partial charge on any atom is -0.494 e. The first-order valence-electron chi connectivity index (χ1n) is 8.76. The Hall–Kier alpha value is -1.53. The number of aromatic nitrogens is 1. The molecule has 1 N–H and O–H groups in total. The molecule has 1 aromatic carbocycles. The third-order valence-electron chi connectivity index (χ3n) is 4.16. The number of hydrogen-bond acceptors (Lipinski definition) is 3. The van der Waals surface area contributed by atoms with Gasteiger partial charge in [0.2, 0.25) is 11.8 Å². The molecule has 0 fully saturated rings. The average Bonchev–Trinajstić information content (AvgIpc) is 2.99. The molecule has 1 unspecified atom stereocenters. The molecule has 142 valence electrons. The van der Waals surface area contributed by atoms with E-state index in [2.05, 4.69) is 21.2 Å². The van der Waals surface area contributed by atoms with Crippen molar-refractivity contribution >= 4 is 50.2 Å². The van der Waals surface area contributed by atoms with Crippen LogP contribution in [0.15, 0.2) is 18.3 Å². The van der Waals surface area contributed by atoms with Gasteiger partial charge in [0, 0.05) is 36.5 Å². The molecule has 0 aliphatic carbocycles. The van der Waals surface area contributed by atoms with Gasteiger partial charge in [0.1, 0.15) is 5.75 Å². The highest BCUT2D eigenvalue weighted by Crippen LogP contribution is 2.36. The van der Waals surface area contributed by atoms with Gasteiger partial charge < -0.3 is 10.1 Å². The van der Waals surface area contributed by atoms with E-state index in [0.29, 0.717) is 35.9 Å². The predicted octanol–water partition coefficient (Wildman–Crippen LogP) is 4.75. The summed E-state index contributed by atoms with van der Waals surface area (Å²) in [4.78, 5) is 24.1. The second-order valence-electron chi connectivity index (χ2n) is 6.17. The van der Waals surface area contributed by atoms with Gasteiger partial charge in [-0.25, -0.2) is 0 Å². The number of amides is 1. The Kier molecular flexibility index (Phi) is 7.53. The first-order valence-corrected chi connectivity index (χ1v) is 10.3. The number of nitrogens with zero attached hydrogens (tertiary/aromatic N) is 1. The molecular weight excluding hydrogens is 420 g/mol. The Morgan fingerprint density at radius 3 is 2.69 bits per heavy atom. The number of carbonyl (C=O) groups is 2. The quantitative estimate of drug-likeness (QED) is 0.599. The van der Waals surface area contributed by atoms with Gasteiger partial charge in [-0.2, -0.15) is 0 Å². The first-order chi connectivity index (χ1) is 12.4. The highest BCUT2D eigenvalue weighted by molar-refractivity contribution is 9.09. The van der Waals surface area contributed by atoms with E-state index in [4.69, 9.17) is 16.3 Å². The van der Waals surface area contributed by atoms with E-state index in [9.17, 15) is 9.59 Å². The van der Waals surface area contributed by atoms with Gasteiger partial charge in [0.05, 0.1) is 22.5 Å². The van der Waals surface area contributed by atoms with Gasteiger partial charge >= 0.3 is 0 Å². The van der Waals surface area contributed by atoms with E-state index < -0.39 is 0 Å². The van der Waals surface area contributed by atoms with Crippen LogP contribution in [0, 0.1) is 0 Å². The minimum atomic E-state index is -0.102. The van der Waals surface area contributed by atoms with Gasteiger partial charge in [0.15, 0.2) is 0 Å². The Bertz CT molecular complexity index is 804. The number of nitrogens with one attached hydrogen (secondary N) is 1. The monoisotopic (exact) mass is 442 g/mol. The summed E-state index contributed by atoms with van der Waals surface area (Å²) in [6.45, 7) is 6.92. The van der Waals surface area contributed by atoms with E-state index in [1.807, 2.05) is 33.0 Å². The maximum atomic E-state index is 12.3. The maximum absolute atomic E-state index is 12.3. The van der Waals surface area contributed by atoms with Crippen LogP contribution < -0.4 is 10.1 Å². The van der Waals surface area contributed by atoms with Crippen molar-refractivity contribution in [2.24, 2.45) is 0 Å². The highest BCUT2D eigenvalue weighted by atomic mass is 79.9. The molecule has 2 rings (SSSR count). The largest absolute Gasteiger partial charge is 0.494 e. The van der Waals surface area contributed by atoms with Crippen molar-refractivity contribution in [1.82, 2.24) is 9.88 Å². The van der Waals surface area contributed by atoms with Crippen LogP contribution in [0.2, 0.25) is 5.02 Å². The van der Waals surface area contributed by atoms with Crippen molar-refractivity contribution in [2.75, 3.05) is 18.5 Å². The van der Waals surface area contributed by atoms with E-state index in [1.165, 1.54) is 0 Å². The molecule has 0 aliphatic rings. The standard InChI is InChI=1S/C19H24BrClN2O3/c1-4-6-17(24)22-10-12(3)15-11-23(18(25)9-20)19-14(15)7-13(26-5-2)8-16(19)21/h7-8,11-12H,4-6,9-10H2,1-3H3,(H,22,24). The number of fused-ring (bicyclic) bond motifs is 1. The predicted molar refractivity (Wildman–Crippen MR) is 109 cm³/mol. The van der Waals surface area contributed by atoms with Crippen LogP contribution in [0.3, 0.4) is 0 Å². The lowest BCUT2D eigenvalue weighted by atomic mass is 10.00. The fourth-order valence-corrected chi connectivity index (χ4v) is 3.48. The van der Waals surface area contributed by atoms with Crippen LogP contribution in [-0.4, -0.2) is 34.9 Å². The number of benzene rings is 1. The molecule has 1 atom stereocenters. The van der Waals surface area contributed by atoms with Gasteiger partial charge in [-0.1, -0.05) is 41.4 Å². The smallest absolute Gasteiger partial charge is 0.241 e. The van der Waals surface area contributed by atoms with Crippen molar-refractivity contribution in [1.29, 1.82) is 0 Å². The number of alkyl halides is 1. The zero-order valence-corrected chi connectivity index (χ0v) is 17.6. The lowest BCUT2D eigenvalue weighted by Crippen LogP contribution is -2.27. The van der Waals surface area contributed by atoms with E-state index in [-0.39, 0.29) is 23.1 Å². The molecule has 0 saturated carbocycles. The van der Waals surface area contributed by atoms with E-state index in [0.717, 1.165) is 17.4 Å². The normalized spacial score (nSPS) is 12.2. The second-order valence-corrected chi connectivity index (χ2v) is 7.14. The van der Waals surface area contributed by atoms with Crippen LogP contribution in [0.4, 0.5) is 0 Å². The summed E-state index contributed by atoms with van der Waals surface area (Å²) in [5.74, 6) is 0.621. The Balaban J connectivity index is 2.46. The molecule has 0 bridgehead atoms. The minimum absolute atomic E-state index is 0.0237. The Morgan fingerprint density at radius 2 is 2.08 bits per heavy atom. The van der Waals surface area contributed by atoms with Crippen molar-refractivity contribution in [3.8, 4) is 5.75 Å². The Morgan fingerprint density at radius 1 is 1.35 bits per heavy atom. The van der Waals surface area contributed by atoms with Crippen LogP contribution in [0.25, 0.3) is 10.9 Å². The lowest BCUT2D eigenvalue weighted by molar-refractivity contribution is -0.121. The summed E-state index contributed by atoms with van der Waals surface area (Å²) in [6, 6.07) is 3.63. The summed E-state index contributed by atoms with van der Waals surface area (Å²) in [5, 5.41) is 4.48. The second kappa shape index (κ2) is 9.42. The molecule has 1 heterocycles. The van der Waals surface area contributed by atoms with Crippen molar-refractivity contribution in [3.05, 3.63) is 28.9 Å². The van der Waals surface area contributed by atoms with Gasteiger partial charge in [-0.15, -0.1) is 0 Å². The molecule has 1 amide bonds. The molecule has 1 aromatic heterocycles. The fourth-order valence-electron chi connectivity index (χ4n) is 2.91. The summed E-state index contributed by atoms with van der Waals surface area (Å²) in [6.07, 6.45) is 3.13. The van der Waals surface area contributed by atoms with Gasteiger partial charge in [0.25, 0.3) is 0 Å². The van der Waals surface area contributed by atoms with Gasteiger partial charge in [-0.3, -0.25) is 14.2 Å². The van der Waals surface area contributed by atoms with Crippen LogP contribution in [0.5, 0.6) is 5.75 Å². The molecular formula is C19H24BrClN2O3. The van der Waals surface area contributed by atoms with Crippen LogP contribution in [0.1, 0.15) is 49.9 Å². The van der Waals surface area contributed by atoms with Crippen molar-refractivity contribution in [3.63, 3.8) is 0 Å². The fraction of sp³-hybridized carbons (Fsp3) is 0.474. The molecule has 26 heavy (non-hydrogen) atoms. The third-order valence-corrected chi connectivity index (χ3v) is 4.93. The number of rotatable bonds is 8. The summed E-state index contributed by atoms with van der Waals surface area (Å²) in [5.41, 5.74) is 1.62. The van der Waals surface area contributed by atoms with Crippen LogP contribution >= 0.6 is 27.5 Å². The summed E-state index contributed by atoms with van der Waals surface area (Å²) < 4.78 is 7.17. The van der Waals surface area contributed by atoms with E-state index >= 15 is 0 Å². The number of ether oxygens (including phenoxy) is 1. The molecule has 0 spiro atoms. The number of halogens is 2. The summed E-state index contributed by atoms with van der Waals surface area (Å²) >= 11 is 9.67. The highest BCUT2D eigenvalue weighted by Gasteiger charge is 2.20. The lowest BCUT2D eigenvalue weighted by Gasteiger charge is -2.13.